The van der Waals surface area contributed by atoms with Crippen LogP contribution in [0.2, 0.25) is 0 Å². The number of rotatable bonds is 1. The molecule has 0 heterocycles. The van der Waals surface area contributed by atoms with E-state index < -0.39 is 0 Å². The summed E-state index contributed by atoms with van der Waals surface area (Å²) in [4.78, 5) is 0. The topological polar surface area (TPSA) is 0 Å². The average molecular weight is 194 g/mol. The Morgan fingerprint density at radius 2 is 2.62 bits per heavy atom. The maximum atomic E-state index is 3.21. The predicted octanol–water partition coefficient (Wildman–Crippen LogP) is 2.65. The molecule has 54 valence electrons. The van der Waals surface area contributed by atoms with Gasteiger partial charge in [-0.2, -0.15) is 6.08 Å². The van der Waals surface area contributed by atoms with Crippen LogP contribution >= 0.6 is 0 Å². The summed E-state index contributed by atoms with van der Waals surface area (Å²) in [5.74, 6) is 0. The van der Waals surface area contributed by atoms with Crippen molar-refractivity contribution in [2.24, 2.45) is 0 Å². The van der Waals surface area contributed by atoms with Crippen LogP contribution in [-0.4, -0.2) is 0 Å². The zero-order chi connectivity index (χ0) is 5.11. The van der Waals surface area contributed by atoms with E-state index in [0.29, 0.717) is 0 Å². The molecular weight excluding hydrogens is 180 g/mol. The molecule has 0 aromatic rings. The Bertz CT molecular complexity index is 124. The normalized spacial score (nSPS) is 15.4. The van der Waals surface area contributed by atoms with Crippen LogP contribution < -0.4 is 0 Å². The van der Waals surface area contributed by atoms with Crippen molar-refractivity contribution in [2.45, 2.75) is 19.8 Å². The molecule has 1 aliphatic carbocycles. The second-order valence-corrected chi connectivity index (χ2v) is 1.66. The molecule has 0 nitrogen and oxygen atoms in total. The third kappa shape index (κ3) is 1.96. The van der Waals surface area contributed by atoms with Crippen LogP contribution in [0.25, 0.3) is 0 Å². The first-order valence-corrected chi connectivity index (χ1v) is 2.69. The molecule has 1 heteroatoms. The first-order valence-electron chi connectivity index (χ1n) is 2.69. The molecule has 0 radical (unpaired) electrons. The van der Waals surface area contributed by atoms with E-state index in [1.807, 2.05) is 0 Å². The second-order valence-electron chi connectivity index (χ2n) is 1.66. The Kier molecular flexibility index (Phi) is 4.17. The first kappa shape index (κ1) is 8.17. The molecule has 0 saturated heterocycles. The third-order valence-electron chi connectivity index (χ3n) is 1.15. The van der Waals surface area contributed by atoms with Gasteiger partial charge in [0.2, 0.25) is 0 Å². The zero-order valence-electron chi connectivity index (χ0n) is 9.98. The van der Waals surface area contributed by atoms with Crippen molar-refractivity contribution < 1.29 is 28.2 Å². The minimum Gasteiger partial charge on any atom is -1.00 e. The van der Waals surface area contributed by atoms with Gasteiger partial charge < -0.3 is 7.13 Å². The molecule has 0 unspecified atom stereocenters. The summed E-state index contributed by atoms with van der Waals surface area (Å²) in [5, 5.41) is 0. The van der Waals surface area contributed by atoms with Gasteiger partial charge in [-0.3, -0.25) is 6.08 Å². The largest absolute Gasteiger partial charge is 1.00 e. The molecule has 0 N–H and O–H groups in total. The predicted molar refractivity (Wildman–Crippen MR) is 36.4 cm³/mol. The van der Waals surface area contributed by atoms with Crippen molar-refractivity contribution in [3.8, 4) is 0 Å². The van der Waals surface area contributed by atoms with Gasteiger partial charge in [0.05, 0.1) is 0 Å². The summed E-state index contributed by atoms with van der Waals surface area (Å²) in [6.07, 6.45) is 9.65. The number of allylic oxidation sites excluding steroid dienone is 4. The van der Waals surface area contributed by atoms with Crippen molar-refractivity contribution in [3.05, 3.63) is 23.8 Å². The van der Waals surface area contributed by atoms with Crippen molar-refractivity contribution in [1.29, 1.82) is 0 Å². The van der Waals surface area contributed by atoms with Crippen LogP contribution in [0.4, 0.5) is 0 Å². The summed E-state index contributed by atoms with van der Waals surface area (Å²) in [6, 6.07) is 0. The van der Waals surface area contributed by atoms with Crippen LogP contribution in [-0.2, 0) is 21.1 Å². The summed E-state index contributed by atoms with van der Waals surface area (Å²) in [7, 11) is 0. The van der Waals surface area contributed by atoms with E-state index in [4.69, 9.17) is 0 Å². The maximum absolute atomic E-state index is 3.21. The van der Waals surface area contributed by atoms with Crippen molar-refractivity contribution >= 4 is 0 Å². The van der Waals surface area contributed by atoms with Crippen LogP contribution in [0.5, 0.6) is 0 Å². The zero-order valence-corrected chi connectivity index (χ0v) is 6.98. The van der Waals surface area contributed by atoms with Crippen LogP contribution in [0.1, 0.15) is 26.9 Å². The fourth-order valence-electron chi connectivity index (χ4n) is 0.693. The molecule has 1 aliphatic rings. The van der Waals surface area contributed by atoms with Crippen LogP contribution in [0.3, 0.4) is 0 Å². The third-order valence-corrected chi connectivity index (χ3v) is 1.15. The van der Waals surface area contributed by atoms with Crippen molar-refractivity contribution in [3.63, 3.8) is 0 Å². The van der Waals surface area contributed by atoms with Gasteiger partial charge in [-0.15, -0.1) is 6.42 Å². The van der Waals surface area contributed by atoms with E-state index in [1.54, 1.807) is 0 Å². The van der Waals surface area contributed by atoms with E-state index in [0.717, 1.165) is 12.8 Å². The van der Waals surface area contributed by atoms with Crippen LogP contribution in [0, 0.1) is 6.08 Å². The van der Waals surface area contributed by atoms with Crippen molar-refractivity contribution in [1.82, 2.24) is 0 Å². The Balaban J connectivity index is -0.0000000204. The Morgan fingerprint density at radius 1 is 1.88 bits per heavy atom. The Labute approximate surface area is 72.4 Å². The molecule has 0 aliphatic heterocycles. The number of hydrogen-bond donors (Lipinski definition) is 0. The summed E-state index contributed by atoms with van der Waals surface area (Å²) >= 11 is 0. The summed E-state index contributed by atoms with van der Waals surface area (Å²) in [6.45, 7) is 2.15. The van der Waals surface area contributed by atoms with Gasteiger partial charge in [-0.05, 0) is 0 Å². The van der Waals surface area contributed by atoms with Crippen molar-refractivity contribution in [2.75, 3.05) is 0 Å². The fraction of sp³-hybridized carbons (Fsp3) is 0.429. The maximum Gasteiger partial charge on any atom is 0 e. The molecule has 8 heavy (non-hydrogen) atoms. The van der Waals surface area contributed by atoms with Gasteiger partial charge in [-0.1, -0.05) is 13.3 Å². The Hall–Kier alpha value is 0.168. The van der Waals surface area contributed by atoms with Gasteiger partial charge in [-0.25, -0.2) is 11.6 Å². The molecule has 0 amide bonds. The SMILES string of the molecule is CCC1=[C-]CC=C1.[H-].[H-].[H-].[H-].[H-].[Mo]. The molecule has 0 aromatic heterocycles. The molecule has 0 saturated carbocycles. The molecule has 0 bridgehead atoms. The van der Waals surface area contributed by atoms with E-state index in [2.05, 4.69) is 25.2 Å². The van der Waals surface area contributed by atoms with E-state index >= 15 is 0 Å². The Morgan fingerprint density at radius 3 is 2.88 bits per heavy atom. The standard InChI is InChI=1S/C7H9.Mo.5H/c1-2-7-5-3-4-6-7;;;;;;/h3,5H,2,4H2,1H3;;;;;;/q-1;;5*-1. The first-order chi connectivity index (χ1) is 3.43. The second kappa shape index (κ2) is 4.09. The minimum atomic E-state index is 0. The molecular formula is C7H14Mo-6. The quantitative estimate of drug-likeness (QED) is 0.444. The summed E-state index contributed by atoms with van der Waals surface area (Å²) in [5.41, 5.74) is 1.36. The molecule has 0 aromatic carbocycles. The molecule has 0 atom stereocenters. The monoisotopic (exact) mass is 196 g/mol. The smallest absolute Gasteiger partial charge is 0 e. The van der Waals surface area contributed by atoms with Crippen LogP contribution in [0.15, 0.2) is 17.7 Å². The average Bonchev–Trinajstić information content (AvgIpc) is 2.14. The molecule has 1 rings (SSSR count). The molecule has 0 fully saturated rings. The van der Waals surface area contributed by atoms with Gasteiger partial charge in [0, 0.05) is 21.1 Å². The van der Waals surface area contributed by atoms with E-state index in [1.165, 1.54) is 5.57 Å². The van der Waals surface area contributed by atoms with Gasteiger partial charge >= 0.3 is 0 Å². The van der Waals surface area contributed by atoms with E-state index in [-0.39, 0.29) is 28.2 Å². The summed E-state index contributed by atoms with van der Waals surface area (Å²) < 4.78 is 0. The van der Waals surface area contributed by atoms with Gasteiger partial charge in [0.15, 0.2) is 0 Å². The minimum absolute atomic E-state index is 0. The fourth-order valence-corrected chi connectivity index (χ4v) is 0.693. The van der Waals surface area contributed by atoms with E-state index in [9.17, 15) is 0 Å². The van der Waals surface area contributed by atoms with Gasteiger partial charge in [0.25, 0.3) is 0 Å². The molecule has 0 spiro atoms. The van der Waals surface area contributed by atoms with Gasteiger partial charge in [0.1, 0.15) is 0 Å². The number of hydrogen-bond acceptors (Lipinski definition) is 0.